The van der Waals surface area contributed by atoms with E-state index in [1.165, 1.54) is 4.90 Å². The van der Waals surface area contributed by atoms with Crippen molar-refractivity contribution < 1.29 is 18.3 Å². The molecular formula is C23H30N4O4S. The molecule has 2 heterocycles. The van der Waals surface area contributed by atoms with Gasteiger partial charge < -0.3 is 14.9 Å². The summed E-state index contributed by atoms with van der Waals surface area (Å²) >= 11 is 0. The van der Waals surface area contributed by atoms with E-state index in [0.717, 1.165) is 23.5 Å². The molecule has 4 rings (SSSR count). The molecular weight excluding hydrogens is 428 g/mol. The zero-order chi connectivity index (χ0) is 22.7. The number of nitrogens with zero attached hydrogens (tertiary/aromatic N) is 4. The van der Waals surface area contributed by atoms with Crippen molar-refractivity contribution in [2.45, 2.75) is 19.8 Å². The molecule has 1 fully saturated rings. The van der Waals surface area contributed by atoms with E-state index in [4.69, 9.17) is 0 Å². The van der Waals surface area contributed by atoms with E-state index in [1.54, 1.807) is 4.31 Å². The highest BCUT2D eigenvalue weighted by molar-refractivity contribution is 7.89. The molecule has 0 unspecified atom stereocenters. The molecule has 0 spiro atoms. The Balaban J connectivity index is 1.44. The van der Waals surface area contributed by atoms with Gasteiger partial charge in [-0.3, -0.25) is 4.90 Å². The minimum absolute atomic E-state index is 0.231. The van der Waals surface area contributed by atoms with Crippen LogP contribution in [-0.2, 0) is 10.0 Å². The summed E-state index contributed by atoms with van der Waals surface area (Å²) < 4.78 is 26.5. The van der Waals surface area contributed by atoms with Crippen LogP contribution in [0.1, 0.15) is 19.8 Å². The third-order valence-corrected chi connectivity index (χ3v) is 8.11. The number of carboxylic acid groups (broad SMARTS) is 1. The van der Waals surface area contributed by atoms with E-state index in [1.807, 2.05) is 43.3 Å². The van der Waals surface area contributed by atoms with Crippen molar-refractivity contribution in [2.75, 3.05) is 59.7 Å². The van der Waals surface area contributed by atoms with Gasteiger partial charge in [0.25, 0.3) is 0 Å². The second-order valence-electron chi connectivity index (χ2n) is 8.15. The first-order valence-electron chi connectivity index (χ1n) is 11.1. The maximum Gasteiger partial charge on any atom is 0.411 e. The van der Waals surface area contributed by atoms with E-state index in [9.17, 15) is 18.3 Å². The van der Waals surface area contributed by atoms with Gasteiger partial charge in [0.2, 0.25) is 10.0 Å². The quantitative estimate of drug-likeness (QED) is 0.712. The van der Waals surface area contributed by atoms with Gasteiger partial charge in [0.1, 0.15) is 0 Å². The van der Waals surface area contributed by atoms with Crippen LogP contribution in [0.5, 0.6) is 0 Å². The zero-order valence-electron chi connectivity index (χ0n) is 18.4. The molecule has 2 aliphatic rings. The molecule has 9 heteroatoms. The van der Waals surface area contributed by atoms with Gasteiger partial charge in [-0.05, 0) is 42.8 Å². The monoisotopic (exact) mass is 458 g/mol. The Morgan fingerprint density at radius 2 is 1.50 bits per heavy atom. The Bertz CT molecular complexity index is 1050. The largest absolute Gasteiger partial charge is 0.465 e. The number of benzene rings is 2. The number of piperazine rings is 1. The number of rotatable bonds is 6. The molecule has 2 aromatic carbocycles. The van der Waals surface area contributed by atoms with Gasteiger partial charge in [-0.15, -0.1) is 0 Å². The molecule has 0 saturated carbocycles. The van der Waals surface area contributed by atoms with Crippen LogP contribution >= 0.6 is 0 Å². The smallest absolute Gasteiger partial charge is 0.411 e. The predicted octanol–water partition coefficient (Wildman–Crippen LogP) is 3.57. The summed E-state index contributed by atoms with van der Waals surface area (Å²) in [6.07, 6.45) is 0.637. The molecule has 0 atom stereocenters. The van der Waals surface area contributed by atoms with Gasteiger partial charge in [-0.1, -0.05) is 25.5 Å². The number of amides is 1. The van der Waals surface area contributed by atoms with Gasteiger partial charge in [0.05, 0.1) is 17.1 Å². The lowest BCUT2D eigenvalue weighted by Gasteiger charge is -2.37. The van der Waals surface area contributed by atoms with Gasteiger partial charge in [-0.25, -0.2) is 13.2 Å². The maximum absolute atomic E-state index is 12.4. The molecule has 0 aromatic heterocycles. The fraction of sp³-hybridized carbons (Fsp3) is 0.435. The van der Waals surface area contributed by atoms with E-state index >= 15 is 0 Å². The third kappa shape index (κ3) is 4.54. The summed E-state index contributed by atoms with van der Waals surface area (Å²) in [5.41, 5.74) is 3.64. The Morgan fingerprint density at radius 1 is 0.875 bits per heavy atom. The van der Waals surface area contributed by atoms with Crippen LogP contribution in [0.2, 0.25) is 0 Å². The second-order valence-corrected chi connectivity index (χ2v) is 10.2. The van der Waals surface area contributed by atoms with Crippen molar-refractivity contribution in [1.29, 1.82) is 0 Å². The van der Waals surface area contributed by atoms with Crippen LogP contribution < -0.4 is 14.7 Å². The number of carbonyl (C=O) groups is 1. The van der Waals surface area contributed by atoms with Crippen molar-refractivity contribution in [3.05, 3.63) is 48.5 Å². The summed E-state index contributed by atoms with van der Waals surface area (Å²) in [7, 11) is -3.16. The number of hydrogen-bond acceptors (Lipinski definition) is 5. The van der Waals surface area contributed by atoms with Crippen molar-refractivity contribution in [3.63, 3.8) is 0 Å². The molecule has 172 valence electrons. The fourth-order valence-electron chi connectivity index (χ4n) is 4.35. The Morgan fingerprint density at radius 3 is 2.12 bits per heavy atom. The Kier molecular flexibility index (Phi) is 6.57. The highest BCUT2D eigenvalue weighted by atomic mass is 32.2. The van der Waals surface area contributed by atoms with Crippen molar-refractivity contribution in [3.8, 4) is 0 Å². The van der Waals surface area contributed by atoms with Crippen LogP contribution in [0.3, 0.4) is 0 Å². The maximum atomic E-state index is 12.4. The van der Waals surface area contributed by atoms with E-state index in [2.05, 4.69) is 21.9 Å². The van der Waals surface area contributed by atoms with Gasteiger partial charge in [0, 0.05) is 50.6 Å². The number of para-hydroxylation sites is 2. The fourth-order valence-corrected chi connectivity index (χ4v) is 5.98. The number of fused-ring (bicyclic) bond motifs is 1. The SMILES string of the molecule is CCCCS(=O)(=O)N1CCN(c2ccc(N3CCN(C(=O)O)c4ccccc43)cc2)CC1. The van der Waals surface area contributed by atoms with Crippen LogP contribution in [-0.4, -0.2) is 68.9 Å². The lowest BCUT2D eigenvalue weighted by molar-refractivity contribution is 0.201. The summed E-state index contributed by atoms with van der Waals surface area (Å²) in [6.45, 7) is 5.35. The van der Waals surface area contributed by atoms with Gasteiger partial charge in [-0.2, -0.15) is 4.31 Å². The zero-order valence-corrected chi connectivity index (χ0v) is 19.2. The van der Waals surface area contributed by atoms with Crippen LogP contribution in [0.15, 0.2) is 48.5 Å². The molecule has 1 N–H and O–H groups in total. The van der Waals surface area contributed by atoms with Crippen molar-refractivity contribution in [2.24, 2.45) is 0 Å². The number of unbranched alkanes of at least 4 members (excludes halogenated alkanes) is 1. The molecule has 2 aromatic rings. The van der Waals surface area contributed by atoms with Crippen LogP contribution in [0, 0.1) is 0 Å². The normalized spacial score (nSPS) is 17.3. The molecule has 1 saturated heterocycles. The van der Waals surface area contributed by atoms with Crippen LogP contribution in [0.25, 0.3) is 0 Å². The Labute approximate surface area is 189 Å². The van der Waals surface area contributed by atoms with Crippen LogP contribution in [0.4, 0.5) is 27.5 Å². The summed E-state index contributed by atoms with van der Waals surface area (Å²) in [5, 5.41) is 9.49. The average molecular weight is 459 g/mol. The van der Waals surface area contributed by atoms with Gasteiger partial charge >= 0.3 is 6.09 Å². The highest BCUT2D eigenvalue weighted by Gasteiger charge is 2.28. The first-order valence-corrected chi connectivity index (χ1v) is 12.7. The summed E-state index contributed by atoms with van der Waals surface area (Å²) in [6, 6.07) is 15.8. The molecule has 0 bridgehead atoms. The minimum atomic E-state index is -3.16. The average Bonchev–Trinajstić information content (AvgIpc) is 2.82. The summed E-state index contributed by atoms with van der Waals surface area (Å²) in [4.78, 5) is 17.3. The third-order valence-electron chi connectivity index (χ3n) is 6.16. The lowest BCUT2D eigenvalue weighted by Crippen LogP contribution is -2.49. The molecule has 2 aliphatic heterocycles. The summed E-state index contributed by atoms with van der Waals surface area (Å²) in [5.74, 6) is 0.231. The molecule has 32 heavy (non-hydrogen) atoms. The Hall–Kier alpha value is -2.78. The molecule has 0 aliphatic carbocycles. The number of anilines is 4. The minimum Gasteiger partial charge on any atom is -0.465 e. The number of hydrogen-bond donors (Lipinski definition) is 1. The van der Waals surface area contributed by atoms with E-state index in [-0.39, 0.29) is 5.75 Å². The topological polar surface area (TPSA) is 84.4 Å². The first-order chi connectivity index (χ1) is 15.4. The molecule has 8 nitrogen and oxygen atoms in total. The molecule has 0 radical (unpaired) electrons. The lowest BCUT2D eigenvalue weighted by atomic mass is 10.1. The van der Waals surface area contributed by atoms with E-state index in [0.29, 0.717) is 51.4 Å². The van der Waals surface area contributed by atoms with Crippen molar-refractivity contribution in [1.82, 2.24) is 4.31 Å². The van der Waals surface area contributed by atoms with Gasteiger partial charge in [0.15, 0.2) is 0 Å². The van der Waals surface area contributed by atoms with E-state index < -0.39 is 16.1 Å². The second kappa shape index (κ2) is 9.38. The number of sulfonamides is 1. The predicted molar refractivity (Wildman–Crippen MR) is 128 cm³/mol. The first kappa shape index (κ1) is 22.4. The highest BCUT2D eigenvalue weighted by Crippen LogP contribution is 2.38. The molecule has 1 amide bonds. The van der Waals surface area contributed by atoms with Crippen molar-refractivity contribution >= 4 is 38.9 Å². The standard InChI is InChI=1S/C23H30N4O4S/c1-2-3-18-32(30,31)25-14-12-24(13-15-25)19-8-10-20(11-9-19)26-16-17-27(23(28)29)22-7-5-4-6-21(22)26/h4-11H,2-3,12-18H2,1H3,(H,28,29).